The van der Waals surface area contributed by atoms with Crippen molar-refractivity contribution in [1.82, 2.24) is 10.2 Å². The van der Waals surface area contributed by atoms with Gasteiger partial charge in [-0.25, -0.2) is 0 Å². The SMILES string of the molecule is CCCCN1CC(C)NC(=O)C1CO. The molecular formula is C10H20N2O2. The molecule has 2 unspecified atom stereocenters. The Kier molecular flexibility index (Phi) is 4.35. The fourth-order valence-electron chi connectivity index (χ4n) is 1.84. The third kappa shape index (κ3) is 2.69. The summed E-state index contributed by atoms with van der Waals surface area (Å²) in [5, 5.41) is 12.0. The van der Waals surface area contributed by atoms with Crippen LogP contribution < -0.4 is 5.32 Å². The minimum atomic E-state index is -0.335. The van der Waals surface area contributed by atoms with E-state index in [9.17, 15) is 4.79 Å². The van der Waals surface area contributed by atoms with Crippen LogP contribution in [0.25, 0.3) is 0 Å². The first kappa shape index (κ1) is 11.5. The Bertz CT molecular complexity index is 197. The van der Waals surface area contributed by atoms with E-state index in [4.69, 9.17) is 5.11 Å². The lowest BCUT2D eigenvalue weighted by atomic mass is 10.1. The minimum Gasteiger partial charge on any atom is -0.394 e. The van der Waals surface area contributed by atoms with Gasteiger partial charge in [0.1, 0.15) is 6.04 Å². The van der Waals surface area contributed by atoms with E-state index >= 15 is 0 Å². The van der Waals surface area contributed by atoms with Crippen LogP contribution in [0.4, 0.5) is 0 Å². The van der Waals surface area contributed by atoms with Crippen molar-refractivity contribution in [2.24, 2.45) is 0 Å². The molecule has 2 N–H and O–H groups in total. The van der Waals surface area contributed by atoms with Crippen molar-refractivity contribution in [3.8, 4) is 0 Å². The molecule has 14 heavy (non-hydrogen) atoms. The van der Waals surface area contributed by atoms with Gasteiger partial charge in [0.15, 0.2) is 0 Å². The van der Waals surface area contributed by atoms with Crippen LogP contribution >= 0.6 is 0 Å². The Hall–Kier alpha value is -0.610. The number of hydrogen-bond acceptors (Lipinski definition) is 3. The highest BCUT2D eigenvalue weighted by Crippen LogP contribution is 2.09. The van der Waals surface area contributed by atoms with Crippen LogP contribution in [0.5, 0.6) is 0 Å². The van der Waals surface area contributed by atoms with Crippen molar-refractivity contribution in [2.45, 2.75) is 38.8 Å². The maximum Gasteiger partial charge on any atom is 0.239 e. The first-order chi connectivity index (χ1) is 6.69. The van der Waals surface area contributed by atoms with Gasteiger partial charge >= 0.3 is 0 Å². The highest BCUT2D eigenvalue weighted by Gasteiger charge is 2.31. The van der Waals surface area contributed by atoms with E-state index in [1.54, 1.807) is 0 Å². The maximum absolute atomic E-state index is 11.5. The van der Waals surface area contributed by atoms with Gasteiger partial charge in [-0.05, 0) is 19.9 Å². The Morgan fingerprint density at radius 2 is 2.36 bits per heavy atom. The zero-order chi connectivity index (χ0) is 10.6. The number of unbranched alkanes of at least 4 members (excludes halogenated alkanes) is 1. The quantitative estimate of drug-likeness (QED) is 0.670. The molecule has 1 aliphatic heterocycles. The number of hydrogen-bond donors (Lipinski definition) is 2. The average molecular weight is 200 g/mol. The summed E-state index contributed by atoms with van der Waals surface area (Å²) in [5.74, 6) is -0.0395. The molecule has 0 radical (unpaired) electrons. The monoisotopic (exact) mass is 200 g/mol. The molecule has 0 aromatic rings. The molecule has 0 aromatic carbocycles. The van der Waals surface area contributed by atoms with Gasteiger partial charge in [-0.15, -0.1) is 0 Å². The molecule has 1 rings (SSSR count). The highest BCUT2D eigenvalue weighted by molar-refractivity contribution is 5.82. The zero-order valence-corrected chi connectivity index (χ0v) is 8.99. The molecule has 4 nitrogen and oxygen atoms in total. The summed E-state index contributed by atoms with van der Waals surface area (Å²) < 4.78 is 0. The number of nitrogens with zero attached hydrogens (tertiary/aromatic N) is 1. The van der Waals surface area contributed by atoms with E-state index in [0.717, 1.165) is 25.9 Å². The largest absolute Gasteiger partial charge is 0.394 e. The van der Waals surface area contributed by atoms with Crippen LogP contribution in [0.3, 0.4) is 0 Å². The van der Waals surface area contributed by atoms with Gasteiger partial charge in [-0.2, -0.15) is 0 Å². The first-order valence-electron chi connectivity index (χ1n) is 5.34. The van der Waals surface area contributed by atoms with Crippen LogP contribution in [-0.4, -0.2) is 47.7 Å². The molecule has 4 heteroatoms. The summed E-state index contributed by atoms with van der Waals surface area (Å²) >= 11 is 0. The summed E-state index contributed by atoms with van der Waals surface area (Å²) in [6, 6.07) is -0.139. The normalized spacial score (nSPS) is 28.9. The Morgan fingerprint density at radius 1 is 1.64 bits per heavy atom. The lowest BCUT2D eigenvalue weighted by Gasteiger charge is -2.37. The van der Waals surface area contributed by atoms with E-state index in [0.29, 0.717) is 0 Å². The van der Waals surface area contributed by atoms with Crippen LogP contribution in [0.2, 0.25) is 0 Å². The number of aliphatic hydroxyl groups excluding tert-OH is 1. The zero-order valence-electron chi connectivity index (χ0n) is 8.99. The Morgan fingerprint density at radius 3 is 2.93 bits per heavy atom. The molecule has 0 aromatic heterocycles. The van der Waals surface area contributed by atoms with Gasteiger partial charge in [0.2, 0.25) is 5.91 Å². The molecule has 0 bridgehead atoms. The van der Waals surface area contributed by atoms with Crippen LogP contribution in [0, 0.1) is 0 Å². The van der Waals surface area contributed by atoms with E-state index in [1.165, 1.54) is 0 Å². The number of nitrogens with one attached hydrogen (secondary N) is 1. The minimum absolute atomic E-state index is 0.0395. The number of aliphatic hydroxyl groups is 1. The number of piperazine rings is 1. The molecular weight excluding hydrogens is 180 g/mol. The second kappa shape index (κ2) is 5.32. The number of carbonyl (C=O) groups is 1. The van der Waals surface area contributed by atoms with Gasteiger partial charge in [0.05, 0.1) is 6.61 Å². The predicted molar refractivity (Wildman–Crippen MR) is 55.0 cm³/mol. The van der Waals surface area contributed by atoms with Crippen molar-refractivity contribution >= 4 is 5.91 Å². The number of amides is 1. The fraction of sp³-hybridized carbons (Fsp3) is 0.900. The fourth-order valence-corrected chi connectivity index (χ4v) is 1.84. The summed E-state index contributed by atoms with van der Waals surface area (Å²) in [6.07, 6.45) is 2.20. The number of rotatable bonds is 4. The van der Waals surface area contributed by atoms with Gasteiger partial charge in [-0.3, -0.25) is 9.69 Å². The standard InChI is InChI=1S/C10H20N2O2/c1-3-4-5-12-6-8(2)11-10(14)9(12)7-13/h8-9,13H,3-7H2,1-2H3,(H,11,14). The van der Waals surface area contributed by atoms with Crippen LogP contribution in [-0.2, 0) is 4.79 Å². The van der Waals surface area contributed by atoms with Crippen molar-refractivity contribution in [3.63, 3.8) is 0 Å². The predicted octanol–water partition coefficient (Wildman–Crippen LogP) is -0.0323. The molecule has 0 aliphatic carbocycles. The molecule has 1 fully saturated rings. The molecule has 1 heterocycles. The molecule has 1 saturated heterocycles. The van der Waals surface area contributed by atoms with Crippen molar-refractivity contribution in [3.05, 3.63) is 0 Å². The van der Waals surface area contributed by atoms with E-state index in [1.807, 2.05) is 6.92 Å². The van der Waals surface area contributed by atoms with E-state index in [-0.39, 0.29) is 24.6 Å². The summed E-state index contributed by atoms with van der Waals surface area (Å²) in [6.45, 7) is 5.78. The first-order valence-corrected chi connectivity index (χ1v) is 5.34. The van der Waals surface area contributed by atoms with E-state index < -0.39 is 0 Å². The van der Waals surface area contributed by atoms with E-state index in [2.05, 4.69) is 17.1 Å². The van der Waals surface area contributed by atoms with Gasteiger partial charge in [0.25, 0.3) is 0 Å². The second-order valence-corrected chi connectivity index (χ2v) is 3.96. The Balaban J connectivity index is 2.53. The molecule has 0 spiro atoms. The number of carbonyl (C=O) groups excluding carboxylic acids is 1. The topological polar surface area (TPSA) is 52.6 Å². The molecule has 2 atom stereocenters. The van der Waals surface area contributed by atoms with Crippen molar-refractivity contribution in [2.75, 3.05) is 19.7 Å². The molecule has 1 aliphatic rings. The maximum atomic E-state index is 11.5. The van der Waals surface area contributed by atoms with Crippen molar-refractivity contribution in [1.29, 1.82) is 0 Å². The highest BCUT2D eigenvalue weighted by atomic mass is 16.3. The third-order valence-corrected chi connectivity index (χ3v) is 2.61. The Labute approximate surface area is 85.3 Å². The van der Waals surface area contributed by atoms with Gasteiger partial charge < -0.3 is 10.4 Å². The van der Waals surface area contributed by atoms with Gasteiger partial charge in [-0.1, -0.05) is 13.3 Å². The van der Waals surface area contributed by atoms with Crippen molar-refractivity contribution < 1.29 is 9.90 Å². The average Bonchev–Trinajstić information content (AvgIpc) is 2.14. The lowest BCUT2D eigenvalue weighted by molar-refractivity contribution is -0.132. The van der Waals surface area contributed by atoms with Crippen LogP contribution in [0.1, 0.15) is 26.7 Å². The molecule has 1 amide bonds. The summed E-state index contributed by atoms with van der Waals surface area (Å²) in [5.41, 5.74) is 0. The second-order valence-electron chi connectivity index (χ2n) is 3.96. The summed E-state index contributed by atoms with van der Waals surface area (Å²) in [4.78, 5) is 13.6. The smallest absolute Gasteiger partial charge is 0.239 e. The van der Waals surface area contributed by atoms with Gasteiger partial charge in [0, 0.05) is 12.6 Å². The summed E-state index contributed by atoms with van der Waals surface area (Å²) in [7, 11) is 0. The lowest BCUT2D eigenvalue weighted by Crippen LogP contribution is -2.60. The molecule has 82 valence electrons. The third-order valence-electron chi connectivity index (χ3n) is 2.61. The molecule has 0 saturated carbocycles. The van der Waals surface area contributed by atoms with Crippen LogP contribution in [0.15, 0.2) is 0 Å².